The van der Waals surface area contributed by atoms with Crippen LogP contribution in [0.15, 0.2) is 34.4 Å². The maximum Gasteiger partial charge on any atom is 0.271 e. The van der Waals surface area contributed by atoms with Gasteiger partial charge in [0.25, 0.3) is 5.91 Å². The quantitative estimate of drug-likeness (QED) is 0.382. The molecule has 1 unspecified atom stereocenters. The highest BCUT2D eigenvalue weighted by Crippen LogP contribution is 2.45. The molecule has 5 nitrogen and oxygen atoms in total. The molecule has 0 aliphatic carbocycles. The zero-order valence-electron chi connectivity index (χ0n) is 19.7. The third kappa shape index (κ3) is 3.93. The molecule has 0 saturated carbocycles. The van der Waals surface area contributed by atoms with E-state index in [9.17, 15) is 4.79 Å². The van der Waals surface area contributed by atoms with Crippen molar-refractivity contribution in [3.63, 3.8) is 0 Å². The van der Waals surface area contributed by atoms with Crippen LogP contribution < -0.4 is 4.74 Å². The van der Waals surface area contributed by atoms with Gasteiger partial charge in [0.2, 0.25) is 0 Å². The summed E-state index contributed by atoms with van der Waals surface area (Å²) in [4.78, 5) is 21.8. The number of rotatable bonds is 2. The third-order valence-electron chi connectivity index (χ3n) is 6.86. The number of amides is 1. The summed E-state index contributed by atoms with van der Waals surface area (Å²) in [6, 6.07) is 6.59. The van der Waals surface area contributed by atoms with Crippen molar-refractivity contribution in [1.82, 2.24) is 14.5 Å². The number of hydrogen-bond acceptors (Lipinski definition) is 4. The molecule has 0 N–H and O–H groups in total. The lowest BCUT2D eigenvalue weighted by atomic mass is 9.93. The largest absolute Gasteiger partial charge is 0.496 e. The highest BCUT2D eigenvalue weighted by Gasteiger charge is 2.37. The molecule has 3 aromatic rings. The van der Waals surface area contributed by atoms with Gasteiger partial charge in [-0.05, 0) is 91.7 Å². The summed E-state index contributed by atoms with van der Waals surface area (Å²) in [5.41, 5.74) is 7.21. The predicted octanol–water partition coefficient (Wildman–Crippen LogP) is 6.50. The molecule has 0 fully saturated rings. The molecule has 0 saturated heterocycles. The van der Waals surface area contributed by atoms with Crippen molar-refractivity contribution >= 4 is 33.2 Å². The number of halogens is 1. The SMILES string of the molecule is COc1cc2c(cc1Br)-c1cc3c(n1C(c1cncs1)C2)C(=O)N(C(C)(C)C)CCCCC3. The second-order valence-electron chi connectivity index (χ2n) is 9.98. The highest BCUT2D eigenvalue weighted by molar-refractivity contribution is 9.10. The fourth-order valence-electron chi connectivity index (χ4n) is 5.25. The van der Waals surface area contributed by atoms with Crippen LogP contribution in [0.2, 0.25) is 0 Å². The number of aromatic nitrogens is 2. The molecule has 174 valence electrons. The van der Waals surface area contributed by atoms with Gasteiger partial charge in [-0.2, -0.15) is 0 Å². The summed E-state index contributed by atoms with van der Waals surface area (Å²) >= 11 is 5.34. The Morgan fingerprint density at radius 1 is 1.15 bits per heavy atom. The molecule has 4 heterocycles. The summed E-state index contributed by atoms with van der Waals surface area (Å²) in [6.45, 7) is 7.22. The van der Waals surface area contributed by atoms with Crippen LogP contribution in [0.3, 0.4) is 0 Å². The van der Waals surface area contributed by atoms with Crippen molar-refractivity contribution in [1.29, 1.82) is 0 Å². The molecule has 7 heteroatoms. The molecule has 2 aliphatic rings. The van der Waals surface area contributed by atoms with Crippen molar-refractivity contribution < 1.29 is 9.53 Å². The molecule has 33 heavy (non-hydrogen) atoms. The standard InChI is InChI=1S/C26H30BrN3O2S/c1-26(2,3)29-9-7-5-6-8-16-10-20-18-13-19(27)22(32-4)12-17(18)11-21(23-14-28-15-33-23)30(20)24(16)25(29)31/h10,12-15,21H,5-9,11H2,1-4H3. The Kier molecular flexibility index (Phi) is 5.90. The van der Waals surface area contributed by atoms with Gasteiger partial charge < -0.3 is 14.2 Å². The minimum Gasteiger partial charge on any atom is -0.496 e. The van der Waals surface area contributed by atoms with E-state index >= 15 is 0 Å². The minimum atomic E-state index is -0.230. The second kappa shape index (κ2) is 8.58. The highest BCUT2D eigenvalue weighted by atomic mass is 79.9. The number of carbonyl (C=O) groups is 1. The predicted molar refractivity (Wildman–Crippen MR) is 136 cm³/mol. The molecule has 1 atom stereocenters. The Hall–Kier alpha value is -2.12. The van der Waals surface area contributed by atoms with Crippen LogP contribution in [-0.2, 0) is 12.8 Å². The number of carbonyl (C=O) groups excluding carboxylic acids is 1. The first-order valence-corrected chi connectivity index (χ1v) is 13.3. The van der Waals surface area contributed by atoms with Crippen molar-refractivity contribution in [2.45, 2.75) is 64.5 Å². The maximum absolute atomic E-state index is 14.2. The van der Waals surface area contributed by atoms with E-state index in [1.165, 1.54) is 21.6 Å². The zero-order chi connectivity index (χ0) is 23.3. The zero-order valence-corrected chi connectivity index (χ0v) is 22.1. The van der Waals surface area contributed by atoms with Crippen LogP contribution in [0.5, 0.6) is 5.75 Å². The van der Waals surface area contributed by atoms with Crippen molar-refractivity contribution in [3.05, 3.63) is 56.1 Å². The lowest BCUT2D eigenvalue weighted by molar-refractivity contribution is 0.0566. The van der Waals surface area contributed by atoms with Gasteiger partial charge in [-0.25, -0.2) is 0 Å². The molecule has 1 aromatic carbocycles. The Labute approximate surface area is 207 Å². The van der Waals surface area contributed by atoms with Gasteiger partial charge in [-0.3, -0.25) is 9.78 Å². The van der Waals surface area contributed by atoms with E-state index in [2.05, 4.69) is 69.4 Å². The average molecular weight is 529 g/mol. The van der Waals surface area contributed by atoms with Gasteiger partial charge in [0.1, 0.15) is 11.4 Å². The number of benzene rings is 1. The average Bonchev–Trinajstić information content (AvgIpc) is 3.42. The number of nitrogens with zero attached hydrogens (tertiary/aromatic N) is 3. The summed E-state index contributed by atoms with van der Waals surface area (Å²) in [7, 11) is 1.70. The van der Waals surface area contributed by atoms with E-state index < -0.39 is 0 Å². The molecule has 5 rings (SSSR count). The molecule has 0 spiro atoms. The Balaban J connectivity index is 1.77. The van der Waals surface area contributed by atoms with Gasteiger partial charge in [-0.15, -0.1) is 11.3 Å². The van der Waals surface area contributed by atoms with Crippen LogP contribution in [0.1, 0.15) is 72.6 Å². The van der Waals surface area contributed by atoms with Gasteiger partial charge in [0.15, 0.2) is 0 Å². The molecule has 1 amide bonds. The Morgan fingerprint density at radius 2 is 1.97 bits per heavy atom. The topological polar surface area (TPSA) is 47.4 Å². The van der Waals surface area contributed by atoms with Gasteiger partial charge in [0, 0.05) is 34.4 Å². The monoisotopic (exact) mass is 527 g/mol. The lowest BCUT2D eigenvalue weighted by Gasteiger charge is -2.37. The van der Waals surface area contributed by atoms with Crippen LogP contribution in [0, 0.1) is 0 Å². The first kappa shape index (κ1) is 22.7. The van der Waals surface area contributed by atoms with Crippen molar-refractivity contribution in [2.24, 2.45) is 0 Å². The molecule has 0 bridgehead atoms. The number of aryl methyl sites for hydroxylation is 1. The van der Waals surface area contributed by atoms with E-state index in [1.54, 1.807) is 18.4 Å². The van der Waals surface area contributed by atoms with E-state index in [-0.39, 0.29) is 17.5 Å². The number of hydrogen-bond donors (Lipinski definition) is 0. The number of thiazole rings is 1. The summed E-state index contributed by atoms with van der Waals surface area (Å²) in [5, 5.41) is 0. The summed E-state index contributed by atoms with van der Waals surface area (Å²) in [5.74, 6) is 0.984. The van der Waals surface area contributed by atoms with E-state index in [4.69, 9.17) is 4.74 Å². The lowest BCUT2D eigenvalue weighted by Crippen LogP contribution is -2.47. The number of ether oxygens (including phenoxy) is 1. The maximum atomic E-state index is 14.2. The molecule has 2 aliphatic heterocycles. The van der Waals surface area contributed by atoms with E-state index in [0.717, 1.165) is 60.3 Å². The summed E-state index contributed by atoms with van der Waals surface area (Å²) < 4.78 is 8.84. The Bertz CT molecular complexity index is 1190. The van der Waals surface area contributed by atoms with E-state index in [0.29, 0.717) is 0 Å². The molecular formula is C26H30BrN3O2S. The van der Waals surface area contributed by atoms with E-state index in [1.807, 2.05) is 11.7 Å². The van der Waals surface area contributed by atoms with Gasteiger partial charge in [0.05, 0.1) is 23.1 Å². The third-order valence-corrected chi connectivity index (χ3v) is 8.36. The van der Waals surface area contributed by atoms with Gasteiger partial charge >= 0.3 is 0 Å². The molecular weight excluding hydrogens is 498 g/mol. The van der Waals surface area contributed by atoms with Gasteiger partial charge in [-0.1, -0.05) is 6.42 Å². The van der Waals surface area contributed by atoms with Crippen LogP contribution in [-0.4, -0.2) is 39.6 Å². The first-order chi connectivity index (χ1) is 15.8. The normalized spacial score (nSPS) is 18.6. The number of fused-ring (bicyclic) bond motifs is 5. The fraction of sp³-hybridized carbons (Fsp3) is 0.462. The molecule has 2 aromatic heterocycles. The number of methoxy groups -OCH3 is 1. The van der Waals surface area contributed by atoms with Crippen molar-refractivity contribution in [3.8, 4) is 17.0 Å². The fourth-order valence-corrected chi connectivity index (χ4v) is 6.46. The van der Waals surface area contributed by atoms with Crippen molar-refractivity contribution in [2.75, 3.05) is 13.7 Å². The van der Waals surface area contributed by atoms with Crippen LogP contribution >= 0.6 is 27.3 Å². The minimum absolute atomic E-state index is 0.0427. The van der Waals surface area contributed by atoms with Crippen LogP contribution in [0.4, 0.5) is 0 Å². The second-order valence-corrected chi connectivity index (χ2v) is 11.8. The smallest absolute Gasteiger partial charge is 0.271 e. The Morgan fingerprint density at radius 3 is 2.67 bits per heavy atom. The molecule has 0 radical (unpaired) electrons. The first-order valence-electron chi connectivity index (χ1n) is 11.6. The summed E-state index contributed by atoms with van der Waals surface area (Å²) in [6.07, 6.45) is 6.98. The van der Waals surface area contributed by atoms with Crippen LogP contribution in [0.25, 0.3) is 11.3 Å².